The number of allylic oxidation sites excluding steroid dienone is 9. The largest absolute Gasteiger partial charge is 0.481 e. The van der Waals surface area contributed by atoms with E-state index >= 15 is 0 Å². The molecule has 0 atom stereocenters. The Morgan fingerprint density at radius 3 is 1.88 bits per heavy atom. The third kappa shape index (κ3) is 19.9. The summed E-state index contributed by atoms with van der Waals surface area (Å²) in [7, 11) is 0. The minimum atomic E-state index is -0.740. The van der Waals surface area contributed by atoms with Gasteiger partial charge in [-0.2, -0.15) is 0 Å². The molecule has 0 unspecified atom stereocenters. The van der Waals surface area contributed by atoms with Crippen molar-refractivity contribution in [3.63, 3.8) is 0 Å². The predicted octanol–water partition coefficient (Wildman–Crippen LogP) is 6.54. The van der Waals surface area contributed by atoms with Crippen molar-refractivity contribution < 1.29 is 9.90 Å². The smallest absolute Gasteiger partial charge is 0.303 e. The molecule has 132 valence electrons. The molecular formula is C22H32O2. The first kappa shape index (κ1) is 21.9. The first-order chi connectivity index (χ1) is 11.8. The van der Waals surface area contributed by atoms with Gasteiger partial charge in [0.2, 0.25) is 0 Å². The Bertz CT molecular complexity index is 472. The zero-order valence-electron chi connectivity index (χ0n) is 15.0. The third-order valence-electron chi connectivity index (χ3n) is 3.17. The van der Waals surface area contributed by atoms with E-state index < -0.39 is 5.97 Å². The van der Waals surface area contributed by atoms with E-state index in [1.54, 1.807) is 0 Å². The first-order valence-electron chi connectivity index (χ1n) is 8.98. The fourth-order valence-electron chi connectivity index (χ4n) is 1.88. The van der Waals surface area contributed by atoms with Crippen LogP contribution < -0.4 is 0 Å². The van der Waals surface area contributed by atoms with E-state index in [1.807, 2.05) is 12.2 Å². The van der Waals surface area contributed by atoms with Gasteiger partial charge in [-0.15, -0.1) is 5.73 Å². The first-order valence-corrected chi connectivity index (χ1v) is 8.98. The SMILES string of the molecule is CCC=C=CCCCC=CCC=CCC=CCC=CCCC(=O)O. The van der Waals surface area contributed by atoms with Crippen molar-refractivity contribution in [3.05, 3.63) is 66.5 Å². The third-order valence-corrected chi connectivity index (χ3v) is 3.17. The number of carboxylic acid groups (broad SMARTS) is 1. The summed E-state index contributed by atoms with van der Waals surface area (Å²) in [6.07, 6.45) is 29.3. The van der Waals surface area contributed by atoms with Crippen LogP contribution in [0.3, 0.4) is 0 Å². The van der Waals surface area contributed by atoms with Crippen LogP contribution in [-0.2, 0) is 4.79 Å². The van der Waals surface area contributed by atoms with Crippen molar-refractivity contribution >= 4 is 5.97 Å². The van der Waals surface area contributed by atoms with Gasteiger partial charge in [0.15, 0.2) is 0 Å². The molecule has 2 nitrogen and oxygen atoms in total. The molecular weight excluding hydrogens is 296 g/mol. The second-order valence-electron chi connectivity index (χ2n) is 5.44. The fourth-order valence-corrected chi connectivity index (χ4v) is 1.88. The van der Waals surface area contributed by atoms with Crippen molar-refractivity contribution in [2.24, 2.45) is 0 Å². The maximum Gasteiger partial charge on any atom is 0.303 e. The van der Waals surface area contributed by atoms with Gasteiger partial charge in [0, 0.05) is 6.42 Å². The Hall–Kier alpha value is -2.05. The standard InChI is InChI=1S/C22H32O2/c1-2-3-4-5-6-7-8-9-10-11-12-13-14-15-16-17-18-19-20-21-22(23)24/h3,5,9-10,12-13,15-16,18-19H,2,6-8,11,14,17,20-21H2,1H3,(H,23,24). The molecule has 0 aromatic rings. The van der Waals surface area contributed by atoms with E-state index in [0.717, 1.165) is 38.5 Å². The topological polar surface area (TPSA) is 37.3 Å². The molecule has 0 aromatic carbocycles. The quantitative estimate of drug-likeness (QED) is 0.223. The van der Waals surface area contributed by atoms with Crippen LogP contribution in [0, 0.1) is 0 Å². The van der Waals surface area contributed by atoms with Crippen LogP contribution in [0.5, 0.6) is 0 Å². The van der Waals surface area contributed by atoms with E-state index in [1.165, 1.54) is 6.42 Å². The number of carboxylic acids is 1. The molecule has 0 fully saturated rings. The van der Waals surface area contributed by atoms with Gasteiger partial charge in [-0.25, -0.2) is 0 Å². The molecule has 0 aromatic heterocycles. The van der Waals surface area contributed by atoms with Crippen LogP contribution in [0.4, 0.5) is 0 Å². The monoisotopic (exact) mass is 328 g/mol. The zero-order valence-corrected chi connectivity index (χ0v) is 15.0. The molecule has 0 amide bonds. The van der Waals surface area contributed by atoms with E-state index in [-0.39, 0.29) is 6.42 Å². The highest BCUT2D eigenvalue weighted by molar-refractivity contribution is 5.66. The molecule has 0 aliphatic heterocycles. The molecule has 0 rings (SSSR count). The van der Waals surface area contributed by atoms with Crippen LogP contribution in [0.25, 0.3) is 0 Å². The minimum absolute atomic E-state index is 0.211. The van der Waals surface area contributed by atoms with Crippen LogP contribution in [0.15, 0.2) is 66.5 Å². The van der Waals surface area contributed by atoms with Gasteiger partial charge in [-0.1, -0.05) is 55.5 Å². The van der Waals surface area contributed by atoms with E-state index in [4.69, 9.17) is 5.11 Å². The Balaban J connectivity index is 3.48. The van der Waals surface area contributed by atoms with Gasteiger partial charge in [0.25, 0.3) is 0 Å². The van der Waals surface area contributed by atoms with Crippen molar-refractivity contribution in [1.82, 2.24) is 0 Å². The Morgan fingerprint density at radius 2 is 1.33 bits per heavy atom. The highest BCUT2D eigenvalue weighted by atomic mass is 16.4. The zero-order chi connectivity index (χ0) is 17.7. The van der Waals surface area contributed by atoms with Crippen molar-refractivity contribution in [1.29, 1.82) is 0 Å². The van der Waals surface area contributed by atoms with E-state index in [2.05, 4.69) is 61.3 Å². The molecule has 2 heteroatoms. The molecule has 0 aliphatic rings. The molecule has 0 heterocycles. The molecule has 0 bridgehead atoms. The van der Waals surface area contributed by atoms with Gasteiger partial charge in [-0.3, -0.25) is 4.79 Å². The predicted molar refractivity (Wildman–Crippen MR) is 104 cm³/mol. The fraction of sp³-hybridized carbons (Fsp3) is 0.455. The number of hydrogen-bond acceptors (Lipinski definition) is 1. The van der Waals surface area contributed by atoms with Gasteiger partial charge < -0.3 is 5.11 Å². The summed E-state index contributed by atoms with van der Waals surface area (Å²) in [6, 6.07) is 0. The second-order valence-corrected chi connectivity index (χ2v) is 5.44. The number of unbranched alkanes of at least 4 members (excludes halogenated alkanes) is 2. The van der Waals surface area contributed by atoms with Gasteiger partial charge in [0.05, 0.1) is 0 Å². The normalized spacial score (nSPS) is 11.7. The lowest BCUT2D eigenvalue weighted by atomic mass is 10.2. The number of aliphatic carboxylic acids is 1. The molecule has 0 saturated carbocycles. The lowest BCUT2D eigenvalue weighted by Crippen LogP contribution is -1.91. The molecule has 1 N–H and O–H groups in total. The maximum atomic E-state index is 10.3. The van der Waals surface area contributed by atoms with Crippen LogP contribution in [0.2, 0.25) is 0 Å². The summed E-state index contributed by atoms with van der Waals surface area (Å²) >= 11 is 0. The number of carbonyl (C=O) groups is 1. The highest BCUT2D eigenvalue weighted by Crippen LogP contribution is 2.00. The summed E-state index contributed by atoms with van der Waals surface area (Å²) in [5.41, 5.74) is 3.17. The van der Waals surface area contributed by atoms with Gasteiger partial charge >= 0.3 is 5.97 Å². The summed E-state index contributed by atoms with van der Waals surface area (Å²) in [5, 5.41) is 8.49. The Morgan fingerprint density at radius 1 is 0.792 bits per heavy atom. The summed E-state index contributed by atoms with van der Waals surface area (Å²) in [5.74, 6) is -0.740. The number of hydrogen-bond donors (Lipinski definition) is 1. The molecule has 0 aliphatic carbocycles. The average molecular weight is 328 g/mol. The van der Waals surface area contributed by atoms with Crippen molar-refractivity contribution in [3.8, 4) is 0 Å². The molecule has 24 heavy (non-hydrogen) atoms. The molecule has 0 spiro atoms. The van der Waals surface area contributed by atoms with Gasteiger partial charge in [-0.05, 0) is 63.5 Å². The summed E-state index contributed by atoms with van der Waals surface area (Å²) in [4.78, 5) is 10.3. The maximum absolute atomic E-state index is 10.3. The molecule has 0 saturated heterocycles. The average Bonchev–Trinajstić information content (AvgIpc) is 2.56. The number of rotatable bonds is 14. The van der Waals surface area contributed by atoms with Crippen molar-refractivity contribution in [2.45, 2.75) is 64.7 Å². The summed E-state index contributed by atoms with van der Waals surface area (Å²) < 4.78 is 0. The van der Waals surface area contributed by atoms with Crippen LogP contribution in [-0.4, -0.2) is 11.1 Å². The van der Waals surface area contributed by atoms with E-state index in [9.17, 15) is 4.79 Å². The minimum Gasteiger partial charge on any atom is -0.481 e. The lowest BCUT2D eigenvalue weighted by Gasteiger charge is -1.89. The van der Waals surface area contributed by atoms with Crippen LogP contribution in [0.1, 0.15) is 64.7 Å². The van der Waals surface area contributed by atoms with Gasteiger partial charge in [0.1, 0.15) is 0 Å². The van der Waals surface area contributed by atoms with Crippen molar-refractivity contribution in [2.75, 3.05) is 0 Å². The second kappa shape index (κ2) is 19.0. The highest BCUT2D eigenvalue weighted by Gasteiger charge is 1.90. The van der Waals surface area contributed by atoms with E-state index in [0.29, 0.717) is 6.42 Å². The lowest BCUT2D eigenvalue weighted by molar-refractivity contribution is -0.136. The van der Waals surface area contributed by atoms with Crippen LogP contribution >= 0.6 is 0 Å². The Labute approximate surface area is 147 Å². The Kier molecular flexibility index (Phi) is 17.4. The molecule has 0 radical (unpaired) electrons. The summed E-state index contributed by atoms with van der Waals surface area (Å²) in [6.45, 7) is 2.12.